The number of nitrogens with one attached hydrogen (secondary N) is 2. The molecule has 7 heteroatoms. The molecule has 128 valence electrons. The molecule has 0 spiro atoms. The number of amides is 2. The second-order valence-electron chi connectivity index (χ2n) is 5.86. The minimum Gasteiger partial charge on any atom is -0.351 e. The van der Waals surface area contributed by atoms with Crippen LogP contribution >= 0.6 is 22.9 Å². The minimum absolute atomic E-state index is 0.121. The summed E-state index contributed by atoms with van der Waals surface area (Å²) >= 11 is 7.14. The van der Waals surface area contributed by atoms with Crippen molar-refractivity contribution >= 4 is 40.4 Å². The third-order valence-corrected chi connectivity index (χ3v) is 4.53. The molecule has 0 atom stereocenters. The van der Waals surface area contributed by atoms with Crippen LogP contribution in [0.1, 0.15) is 34.2 Å². The number of aromatic nitrogens is 1. The Balaban J connectivity index is 1.99. The fraction of sp³-hybridized carbons (Fsp3) is 0.353. The zero-order valence-electron chi connectivity index (χ0n) is 13.9. The quantitative estimate of drug-likeness (QED) is 0.820. The van der Waals surface area contributed by atoms with E-state index in [0.29, 0.717) is 38.8 Å². The Morgan fingerprint density at radius 2 is 2.08 bits per heavy atom. The number of benzene rings is 1. The highest BCUT2D eigenvalue weighted by Crippen LogP contribution is 2.20. The van der Waals surface area contributed by atoms with Gasteiger partial charge in [0.15, 0.2) is 0 Å². The van der Waals surface area contributed by atoms with Crippen LogP contribution in [0.4, 0.5) is 5.69 Å². The van der Waals surface area contributed by atoms with Gasteiger partial charge in [0.25, 0.3) is 5.91 Å². The third kappa shape index (κ3) is 5.32. The lowest BCUT2D eigenvalue weighted by Gasteiger charge is -2.06. The predicted molar refractivity (Wildman–Crippen MR) is 97.8 cm³/mol. The van der Waals surface area contributed by atoms with Crippen molar-refractivity contribution in [2.75, 3.05) is 11.9 Å². The van der Waals surface area contributed by atoms with Crippen molar-refractivity contribution in [1.29, 1.82) is 0 Å². The van der Waals surface area contributed by atoms with Gasteiger partial charge in [-0.2, -0.15) is 0 Å². The number of anilines is 1. The molecular weight excluding hydrogens is 346 g/mol. The summed E-state index contributed by atoms with van der Waals surface area (Å²) in [5.74, 6) is 0.0467. The van der Waals surface area contributed by atoms with Crippen molar-refractivity contribution in [3.8, 4) is 0 Å². The molecule has 0 saturated heterocycles. The largest absolute Gasteiger partial charge is 0.351 e. The second kappa shape index (κ2) is 8.26. The van der Waals surface area contributed by atoms with Crippen LogP contribution in [0.2, 0.25) is 5.02 Å². The van der Waals surface area contributed by atoms with Gasteiger partial charge in [-0.15, -0.1) is 11.3 Å². The normalized spacial score (nSPS) is 10.7. The van der Waals surface area contributed by atoms with Gasteiger partial charge in [0, 0.05) is 17.3 Å². The number of halogens is 1. The van der Waals surface area contributed by atoms with Gasteiger partial charge in [0.05, 0.1) is 12.1 Å². The number of hydrogen-bond acceptors (Lipinski definition) is 4. The van der Waals surface area contributed by atoms with Crippen LogP contribution < -0.4 is 10.6 Å². The van der Waals surface area contributed by atoms with Crippen molar-refractivity contribution in [3.63, 3.8) is 0 Å². The van der Waals surface area contributed by atoms with Crippen LogP contribution in [0.3, 0.4) is 0 Å². The van der Waals surface area contributed by atoms with Gasteiger partial charge >= 0.3 is 0 Å². The van der Waals surface area contributed by atoms with Crippen molar-refractivity contribution in [2.45, 2.75) is 27.2 Å². The monoisotopic (exact) mass is 365 g/mol. The molecule has 0 unspecified atom stereocenters. The molecule has 0 aliphatic rings. The smallest absolute Gasteiger partial charge is 0.263 e. The van der Waals surface area contributed by atoms with Crippen LogP contribution in [-0.4, -0.2) is 23.3 Å². The zero-order valence-corrected chi connectivity index (χ0v) is 15.4. The first-order valence-electron chi connectivity index (χ1n) is 7.65. The van der Waals surface area contributed by atoms with Gasteiger partial charge in [-0.1, -0.05) is 31.5 Å². The molecule has 1 aromatic heterocycles. The molecule has 2 rings (SSSR count). The molecule has 2 amide bonds. The lowest BCUT2D eigenvalue weighted by Crippen LogP contribution is -2.27. The summed E-state index contributed by atoms with van der Waals surface area (Å²) in [5, 5.41) is 6.81. The van der Waals surface area contributed by atoms with E-state index in [1.807, 2.05) is 13.8 Å². The van der Waals surface area contributed by atoms with Crippen molar-refractivity contribution in [1.82, 2.24) is 10.3 Å². The number of aryl methyl sites for hydroxylation is 1. The van der Waals surface area contributed by atoms with Gasteiger partial charge < -0.3 is 10.6 Å². The van der Waals surface area contributed by atoms with E-state index in [9.17, 15) is 9.59 Å². The molecule has 0 aliphatic heterocycles. The van der Waals surface area contributed by atoms with Crippen LogP contribution in [0.15, 0.2) is 24.3 Å². The Kier molecular flexibility index (Phi) is 6.34. The Labute approximate surface area is 150 Å². The standard InChI is InChI=1S/C17H20ClN3O2S/c1-10(2)9-19-17(23)16-11(3)20-15(24-16)8-14(22)21-13-6-4-5-12(18)7-13/h4-7,10H,8-9H2,1-3H3,(H,19,23)(H,21,22). The maximum absolute atomic E-state index is 12.1. The number of carbonyl (C=O) groups excluding carboxylic acids is 2. The maximum Gasteiger partial charge on any atom is 0.263 e. The average Bonchev–Trinajstić information content (AvgIpc) is 2.85. The molecule has 0 saturated carbocycles. The number of thiazole rings is 1. The molecule has 2 N–H and O–H groups in total. The van der Waals surface area contributed by atoms with E-state index in [1.54, 1.807) is 31.2 Å². The summed E-state index contributed by atoms with van der Waals surface area (Å²) < 4.78 is 0. The van der Waals surface area contributed by atoms with Gasteiger partial charge in [0.2, 0.25) is 5.91 Å². The van der Waals surface area contributed by atoms with E-state index in [-0.39, 0.29) is 18.2 Å². The van der Waals surface area contributed by atoms with Gasteiger partial charge in [0.1, 0.15) is 9.88 Å². The fourth-order valence-electron chi connectivity index (χ4n) is 2.02. The first-order valence-corrected chi connectivity index (χ1v) is 8.84. The second-order valence-corrected chi connectivity index (χ2v) is 7.38. The van der Waals surface area contributed by atoms with Crippen LogP contribution in [0, 0.1) is 12.8 Å². The van der Waals surface area contributed by atoms with Crippen LogP contribution in [0.25, 0.3) is 0 Å². The summed E-state index contributed by atoms with van der Waals surface area (Å²) in [6.45, 7) is 6.46. The molecule has 5 nitrogen and oxygen atoms in total. The van der Waals surface area contributed by atoms with E-state index < -0.39 is 0 Å². The average molecular weight is 366 g/mol. The Morgan fingerprint density at radius 3 is 2.75 bits per heavy atom. The lowest BCUT2D eigenvalue weighted by molar-refractivity contribution is -0.115. The Morgan fingerprint density at radius 1 is 1.33 bits per heavy atom. The van der Waals surface area contributed by atoms with Crippen molar-refractivity contribution < 1.29 is 9.59 Å². The van der Waals surface area contributed by atoms with Crippen LogP contribution in [0.5, 0.6) is 0 Å². The first kappa shape index (κ1) is 18.4. The van der Waals surface area contributed by atoms with Crippen molar-refractivity contribution in [2.24, 2.45) is 5.92 Å². The molecule has 2 aromatic rings. The summed E-state index contributed by atoms with van der Waals surface area (Å²) in [6, 6.07) is 6.95. The maximum atomic E-state index is 12.1. The molecule has 0 radical (unpaired) electrons. The molecule has 0 aliphatic carbocycles. The molecule has 0 fully saturated rings. The molecular formula is C17H20ClN3O2S. The Bertz CT molecular complexity index is 743. The zero-order chi connectivity index (χ0) is 17.7. The van der Waals surface area contributed by atoms with E-state index in [2.05, 4.69) is 15.6 Å². The number of hydrogen-bond donors (Lipinski definition) is 2. The summed E-state index contributed by atoms with van der Waals surface area (Å²) in [7, 11) is 0. The van der Waals surface area contributed by atoms with Crippen molar-refractivity contribution in [3.05, 3.63) is 44.9 Å². The molecule has 24 heavy (non-hydrogen) atoms. The van der Waals surface area contributed by atoms with Crippen LogP contribution in [-0.2, 0) is 11.2 Å². The molecule has 1 aromatic carbocycles. The SMILES string of the molecule is Cc1nc(CC(=O)Nc2cccc(Cl)c2)sc1C(=O)NCC(C)C. The highest BCUT2D eigenvalue weighted by molar-refractivity contribution is 7.13. The van der Waals surface area contributed by atoms with Gasteiger partial charge in [-0.3, -0.25) is 9.59 Å². The highest BCUT2D eigenvalue weighted by Gasteiger charge is 2.17. The van der Waals surface area contributed by atoms with E-state index in [1.165, 1.54) is 11.3 Å². The Hall–Kier alpha value is -1.92. The summed E-state index contributed by atoms with van der Waals surface area (Å²) in [5.41, 5.74) is 1.28. The third-order valence-electron chi connectivity index (χ3n) is 3.14. The van der Waals surface area contributed by atoms with Gasteiger partial charge in [-0.05, 0) is 31.0 Å². The predicted octanol–water partition coefficient (Wildman–Crippen LogP) is 3.67. The lowest BCUT2D eigenvalue weighted by atomic mass is 10.2. The number of rotatable bonds is 6. The van der Waals surface area contributed by atoms with Gasteiger partial charge in [-0.25, -0.2) is 4.98 Å². The summed E-state index contributed by atoms with van der Waals surface area (Å²) in [6.07, 6.45) is 0.121. The van der Waals surface area contributed by atoms with E-state index in [4.69, 9.17) is 11.6 Å². The summed E-state index contributed by atoms with van der Waals surface area (Å²) in [4.78, 5) is 29.1. The van der Waals surface area contributed by atoms with E-state index >= 15 is 0 Å². The highest BCUT2D eigenvalue weighted by atomic mass is 35.5. The topological polar surface area (TPSA) is 71.1 Å². The number of carbonyl (C=O) groups is 2. The van der Waals surface area contributed by atoms with E-state index in [0.717, 1.165) is 0 Å². The molecule has 1 heterocycles. The minimum atomic E-state index is -0.194. The first-order chi connectivity index (χ1) is 11.3. The number of nitrogens with zero attached hydrogens (tertiary/aromatic N) is 1. The molecule has 0 bridgehead atoms. The fourth-order valence-corrected chi connectivity index (χ4v) is 3.19.